The first-order valence-electron chi connectivity index (χ1n) is 2.89. The third-order valence-corrected chi connectivity index (χ3v) is 3.77. The summed E-state index contributed by atoms with van der Waals surface area (Å²) < 4.78 is 0. The fraction of sp³-hybridized carbons (Fsp3) is 0.333. The fourth-order valence-corrected chi connectivity index (χ4v) is 3.03. The summed E-state index contributed by atoms with van der Waals surface area (Å²) in [7, 11) is 0. The molecule has 1 aromatic rings. The van der Waals surface area contributed by atoms with Crippen LogP contribution < -0.4 is 0 Å². The average molecular weight is 157 g/mol. The van der Waals surface area contributed by atoms with Crippen molar-refractivity contribution >= 4 is 23.5 Å². The van der Waals surface area contributed by atoms with Crippen molar-refractivity contribution in [1.82, 2.24) is 4.98 Å². The van der Waals surface area contributed by atoms with E-state index in [4.69, 9.17) is 0 Å². The highest BCUT2D eigenvalue weighted by Crippen LogP contribution is 2.35. The largest absolute Gasteiger partial charge is 0.366 e. The maximum atomic E-state index is 3.10. The lowest BCUT2D eigenvalue weighted by atomic mass is 10.7. The lowest BCUT2D eigenvalue weighted by Gasteiger charge is -2.07. The molecule has 0 saturated heterocycles. The Morgan fingerprint density at radius 1 is 1.11 bits per heavy atom. The summed E-state index contributed by atoms with van der Waals surface area (Å²) in [5.74, 6) is 2.52. The molecule has 0 atom stereocenters. The molecule has 0 aromatic carbocycles. The van der Waals surface area contributed by atoms with Crippen LogP contribution in [0.3, 0.4) is 0 Å². The summed E-state index contributed by atoms with van der Waals surface area (Å²) in [6.07, 6.45) is 4.15. The third-order valence-electron chi connectivity index (χ3n) is 1.27. The monoisotopic (exact) mass is 157 g/mol. The molecule has 48 valence electrons. The van der Waals surface area contributed by atoms with Gasteiger partial charge in [0.25, 0.3) is 0 Å². The molecule has 3 heteroatoms. The zero-order valence-corrected chi connectivity index (χ0v) is 6.52. The highest BCUT2D eigenvalue weighted by Gasteiger charge is 2.09. The van der Waals surface area contributed by atoms with Crippen LogP contribution in [0.2, 0.25) is 0 Å². The molecule has 1 N–H and O–H groups in total. The molecule has 1 aliphatic rings. The van der Waals surface area contributed by atoms with Crippen molar-refractivity contribution in [1.29, 1.82) is 0 Å². The van der Waals surface area contributed by atoms with Crippen LogP contribution >= 0.6 is 23.5 Å². The number of thioether (sulfide) groups is 2. The summed E-state index contributed by atoms with van der Waals surface area (Å²) in [5.41, 5.74) is 0. The Kier molecular flexibility index (Phi) is 1.47. The molecule has 1 nitrogen and oxygen atoms in total. The second-order valence-corrected chi connectivity index (χ2v) is 4.15. The Labute approximate surface area is 62.6 Å². The van der Waals surface area contributed by atoms with Gasteiger partial charge in [0.1, 0.15) is 0 Å². The number of fused-ring (bicyclic) bond motifs is 1. The van der Waals surface area contributed by atoms with Crippen molar-refractivity contribution in [2.45, 2.75) is 9.79 Å². The molecule has 0 aliphatic carbocycles. The Balaban J connectivity index is 2.39. The van der Waals surface area contributed by atoms with Crippen LogP contribution in [0.25, 0.3) is 0 Å². The Morgan fingerprint density at radius 3 is 2.22 bits per heavy atom. The highest BCUT2D eigenvalue weighted by atomic mass is 32.2. The molecule has 0 radical (unpaired) electrons. The number of aromatic amines is 1. The van der Waals surface area contributed by atoms with Gasteiger partial charge in [-0.2, -0.15) is 0 Å². The van der Waals surface area contributed by atoms with Gasteiger partial charge in [0.2, 0.25) is 0 Å². The van der Waals surface area contributed by atoms with Crippen LogP contribution in [0.4, 0.5) is 0 Å². The highest BCUT2D eigenvalue weighted by molar-refractivity contribution is 8.05. The maximum absolute atomic E-state index is 3.10. The lowest BCUT2D eigenvalue weighted by Crippen LogP contribution is -1.89. The summed E-state index contributed by atoms with van der Waals surface area (Å²) in [6.45, 7) is 0. The van der Waals surface area contributed by atoms with Gasteiger partial charge in [-0.1, -0.05) is 0 Å². The number of aromatic nitrogens is 1. The van der Waals surface area contributed by atoms with Crippen molar-refractivity contribution in [3.63, 3.8) is 0 Å². The molecular weight excluding hydrogens is 150 g/mol. The van der Waals surface area contributed by atoms with Crippen LogP contribution in [-0.2, 0) is 0 Å². The van der Waals surface area contributed by atoms with Crippen molar-refractivity contribution in [2.75, 3.05) is 11.5 Å². The summed E-state index contributed by atoms with van der Waals surface area (Å²) in [6, 6.07) is 0. The van der Waals surface area contributed by atoms with E-state index in [1.165, 1.54) is 21.3 Å². The van der Waals surface area contributed by atoms with Gasteiger partial charge in [0.15, 0.2) is 0 Å². The van der Waals surface area contributed by atoms with Gasteiger partial charge in [-0.15, -0.1) is 23.5 Å². The predicted molar refractivity (Wildman–Crippen MR) is 42.2 cm³/mol. The topological polar surface area (TPSA) is 15.8 Å². The van der Waals surface area contributed by atoms with E-state index in [2.05, 4.69) is 17.4 Å². The summed E-state index contributed by atoms with van der Waals surface area (Å²) >= 11 is 3.89. The van der Waals surface area contributed by atoms with Crippen LogP contribution in [-0.4, -0.2) is 16.5 Å². The minimum atomic E-state index is 1.26. The number of H-pyrrole nitrogens is 1. The van der Waals surface area contributed by atoms with E-state index in [1.807, 2.05) is 23.5 Å². The first-order valence-corrected chi connectivity index (χ1v) is 4.86. The zero-order chi connectivity index (χ0) is 6.10. The van der Waals surface area contributed by atoms with E-state index in [9.17, 15) is 0 Å². The summed E-state index contributed by atoms with van der Waals surface area (Å²) in [5, 5.41) is 0. The van der Waals surface area contributed by atoms with Gasteiger partial charge in [-0.25, -0.2) is 0 Å². The lowest BCUT2D eigenvalue weighted by molar-refractivity contribution is 1.29. The van der Waals surface area contributed by atoms with Crippen molar-refractivity contribution in [2.24, 2.45) is 0 Å². The van der Waals surface area contributed by atoms with E-state index < -0.39 is 0 Å². The molecule has 2 heterocycles. The van der Waals surface area contributed by atoms with Gasteiger partial charge in [0, 0.05) is 33.7 Å². The predicted octanol–water partition coefficient (Wildman–Crippen LogP) is 2.21. The van der Waals surface area contributed by atoms with Crippen molar-refractivity contribution in [3.05, 3.63) is 12.4 Å². The molecule has 2 rings (SSSR count). The molecule has 0 fully saturated rings. The molecule has 0 unspecified atom stereocenters. The first-order chi connectivity index (χ1) is 4.47. The molecule has 0 amide bonds. The molecular formula is C6H7NS2. The summed E-state index contributed by atoms with van der Waals surface area (Å²) in [4.78, 5) is 5.94. The van der Waals surface area contributed by atoms with Crippen LogP contribution in [0.5, 0.6) is 0 Å². The van der Waals surface area contributed by atoms with Crippen LogP contribution in [0.1, 0.15) is 0 Å². The number of hydrogen-bond donors (Lipinski definition) is 1. The van der Waals surface area contributed by atoms with E-state index in [0.717, 1.165) is 0 Å². The van der Waals surface area contributed by atoms with E-state index in [-0.39, 0.29) is 0 Å². The van der Waals surface area contributed by atoms with Crippen molar-refractivity contribution < 1.29 is 0 Å². The van der Waals surface area contributed by atoms with Gasteiger partial charge in [-0.3, -0.25) is 0 Å². The molecule has 1 aliphatic heterocycles. The molecule has 9 heavy (non-hydrogen) atoms. The molecule has 0 spiro atoms. The molecule has 0 bridgehead atoms. The van der Waals surface area contributed by atoms with Gasteiger partial charge < -0.3 is 4.98 Å². The second kappa shape index (κ2) is 2.31. The minimum Gasteiger partial charge on any atom is -0.366 e. The Bertz CT molecular complexity index is 186. The van der Waals surface area contributed by atoms with E-state index >= 15 is 0 Å². The maximum Gasteiger partial charge on any atom is 0.0383 e. The Morgan fingerprint density at radius 2 is 1.67 bits per heavy atom. The number of nitrogens with one attached hydrogen (secondary N) is 1. The second-order valence-electron chi connectivity index (χ2n) is 1.88. The molecule has 1 aromatic heterocycles. The van der Waals surface area contributed by atoms with E-state index in [0.29, 0.717) is 0 Å². The van der Waals surface area contributed by atoms with Gasteiger partial charge in [-0.05, 0) is 0 Å². The first kappa shape index (κ1) is 5.74. The number of rotatable bonds is 0. The minimum absolute atomic E-state index is 1.26. The van der Waals surface area contributed by atoms with Gasteiger partial charge >= 0.3 is 0 Å². The normalized spacial score (nSPS) is 17.3. The standard InChI is InChI=1S/C6H7NS2/c1-2-9-6-4-7-3-5(6)8-1/h3-4,7H,1-2H2. The molecule has 0 saturated carbocycles. The zero-order valence-electron chi connectivity index (χ0n) is 4.89. The van der Waals surface area contributed by atoms with Crippen LogP contribution in [0, 0.1) is 0 Å². The third kappa shape index (κ3) is 0.990. The SMILES string of the molecule is c1[nH]cc2c1SCCS2. The number of hydrogen-bond acceptors (Lipinski definition) is 2. The van der Waals surface area contributed by atoms with Crippen LogP contribution in [0.15, 0.2) is 22.2 Å². The quantitative estimate of drug-likeness (QED) is 0.621. The van der Waals surface area contributed by atoms with E-state index in [1.54, 1.807) is 0 Å². The van der Waals surface area contributed by atoms with Gasteiger partial charge in [0.05, 0.1) is 0 Å². The smallest absolute Gasteiger partial charge is 0.0383 e. The average Bonchev–Trinajstić information content (AvgIpc) is 2.33. The van der Waals surface area contributed by atoms with Crippen molar-refractivity contribution in [3.8, 4) is 0 Å². The fourth-order valence-electron chi connectivity index (χ4n) is 0.864. The Hall–Kier alpha value is -0.0200.